The number of hydrogen-bond acceptors (Lipinski definition) is 3. The Morgan fingerprint density at radius 3 is 2.70 bits per heavy atom. The van der Waals surface area contributed by atoms with Crippen molar-refractivity contribution >= 4 is 29.1 Å². The molecule has 20 heavy (non-hydrogen) atoms. The van der Waals surface area contributed by atoms with Crippen LogP contribution in [0.25, 0.3) is 0 Å². The number of nitrogens with zero attached hydrogens (tertiary/aromatic N) is 1. The van der Waals surface area contributed by atoms with Crippen LogP contribution in [0, 0.1) is 0 Å². The van der Waals surface area contributed by atoms with Gasteiger partial charge < -0.3 is 10.1 Å². The van der Waals surface area contributed by atoms with Gasteiger partial charge in [0.1, 0.15) is 5.75 Å². The number of pyridine rings is 1. The number of carbonyl (C=O) groups excluding carboxylic acids is 1. The summed E-state index contributed by atoms with van der Waals surface area (Å²) in [5.74, 6) is 0.149. The largest absolute Gasteiger partial charge is 0.482 e. The van der Waals surface area contributed by atoms with Gasteiger partial charge in [0.15, 0.2) is 6.61 Å². The fourth-order valence-electron chi connectivity index (χ4n) is 1.48. The van der Waals surface area contributed by atoms with E-state index in [1.165, 1.54) is 0 Å². The summed E-state index contributed by atoms with van der Waals surface area (Å²) < 4.78 is 5.33. The van der Waals surface area contributed by atoms with Crippen LogP contribution in [0.15, 0.2) is 42.7 Å². The SMILES string of the molecule is O=C(COc1cc(Cl)ccc1Cl)NCc1ccncc1. The van der Waals surface area contributed by atoms with Crippen molar-refractivity contribution in [1.29, 1.82) is 0 Å². The molecule has 1 aromatic heterocycles. The van der Waals surface area contributed by atoms with Crippen molar-refractivity contribution in [2.24, 2.45) is 0 Å². The first kappa shape index (κ1) is 14.6. The number of benzene rings is 1. The van der Waals surface area contributed by atoms with E-state index in [2.05, 4.69) is 10.3 Å². The number of amides is 1. The lowest BCUT2D eigenvalue weighted by Gasteiger charge is -2.09. The number of halogens is 2. The minimum atomic E-state index is -0.238. The average molecular weight is 311 g/mol. The minimum Gasteiger partial charge on any atom is -0.482 e. The molecule has 0 bridgehead atoms. The summed E-state index contributed by atoms with van der Waals surface area (Å²) in [5, 5.41) is 3.65. The molecule has 1 aromatic carbocycles. The predicted molar refractivity (Wildman–Crippen MR) is 78.0 cm³/mol. The highest BCUT2D eigenvalue weighted by atomic mass is 35.5. The molecule has 1 heterocycles. The summed E-state index contributed by atoms with van der Waals surface area (Å²) in [4.78, 5) is 15.6. The van der Waals surface area contributed by atoms with E-state index in [1.54, 1.807) is 30.6 Å². The van der Waals surface area contributed by atoms with Crippen molar-refractivity contribution < 1.29 is 9.53 Å². The standard InChI is InChI=1S/C14H12Cl2N2O2/c15-11-1-2-12(16)13(7-11)20-9-14(19)18-8-10-3-5-17-6-4-10/h1-7H,8-9H2,(H,18,19). The van der Waals surface area contributed by atoms with Crippen LogP contribution in [0.3, 0.4) is 0 Å². The first-order valence-corrected chi connectivity index (χ1v) is 6.64. The van der Waals surface area contributed by atoms with Crippen molar-refractivity contribution in [3.05, 3.63) is 58.3 Å². The molecule has 0 saturated carbocycles. The van der Waals surface area contributed by atoms with Crippen LogP contribution < -0.4 is 10.1 Å². The second-order valence-corrected chi connectivity index (χ2v) is 4.84. The van der Waals surface area contributed by atoms with Crippen molar-refractivity contribution in [3.63, 3.8) is 0 Å². The van der Waals surface area contributed by atoms with Gasteiger partial charge in [-0.25, -0.2) is 0 Å². The van der Waals surface area contributed by atoms with Gasteiger partial charge in [-0.3, -0.25) is 9.78 Å². The van der Waals surface area contributed by atoms with Crippen molar-refractivity contribution in [2.45, 2.75) is 6.54 Å². The monoisotopic (exact) mass is 310 g/mol. The second-order valence-electron chi connectivity index (χ2n) is 4.00. The lowest BCUT2D eigenvalue weighted by molar-refractivity contribution is -0.123. The number of carbonyl (C=O) groups is 1. The van der Waals surface area contributed by atoms with Crippen LogP contribution >= 0.6 is 23.2 Å². The Morgan fingerprint density at radius 1 is 1.20 bits per heavy atom. The molecule has 0 radical (unpaired) electrons. The molecule has 4 nitrogen and oxygen atoms in total. The highest BCUT2D eigenvalue weighted by Crippen LogP contribution is 2.27. The summed E-state index contributed by atoms with van der Waals surface area (Å²) in [5.41, 5.74) is 0.967. The van der Waals surface area contributed by atoms with Crippen LogP contribution in [0.1, 0.15) is 5.56 Å². The number of nitrogens with one attached hydrogen (secondary N) is 1. The van der Waals surface area contributed by atoms with E-state index in [0.29, 0.717) is 22.3 Å². The highest BCUT2D eigenvalue weighted by molar-refractivity contribution is 6.34. The van der Waals surface area contributed by atoms with Crippen LogP contribution in [0.2, 0.25) is 10.0 Å². The number of ether oxygens (including phenoxy) is 1. The molecule has 1 N–H and O–H groups in total. The van der Waals surface area contributed by atoms with Gasteiger partial charge in [-0.05, 0) is 29.8 Å². The first-order valence-electron chi connectivity index (χ1n) is 5.88. The Balaban J connectivity index is 1.82. The minimum absolute atomic E-state index is 0.120. The number of rotatable bonds is 5. The zero-order chi connectivity index (χ0) is 14.4. The maximum absolute atomic E-state index is 11.7. The molecule has 0 spiro atoms. The Bertz CT molecular complexity index is 591. The quantitative estimate of drug-likeness (QED) is 0.923. The lowest BCUT2D eigenvalue weighted by atomic mass is 10.3. The van der Waals surface area contributed by atoms with E-state index in [-0.39, 0.29) is 12.5 Å². The van der Waals surface area contributed by atoms with Gasteiger partial charge >= 0.3 is 0 Å². The number of hydrogen-bond donors (Lipinski definition) is 1. The van der Waals surface area contributed by atoms with Gasteiger partial charge in [-0.1, -0.05) is 23.2 Å². The normalized spacial score (nSPS) is 10.1. The molecule has 0 unspecified atom stereocenters. The summed E-state index contributed by atoms with van der Waals surface area (Å²) in [6.45, 7) is 0.305. The highest BCUT2D eigenvalue weighted by Gasteiger charge is 2.06. The molecular weight excluding hydrogens is 299 g/mol. The molecule has 0 fully saturated rings. The average Bonchev–Trinajstić information content (AvgIpc) is 2.47. The van der Waals surface area contributed by atoms with Crippen LogP contribution in [0.5, 0.6) is 5.75 Å². The molecule has 2 rings (SSSR count). The lowest BCUT2D eigenvalue weighted by Crippen LogP contribution is -2.28. The molecule has 0 atom stereocenters. The van der Waals surface area contributed by atoms with Gasteiger partial charge in [0, 0.05) is 30.0 Å². The van der Waals surface area contributed by atoms with Crippen molar-refractivity contribution in [2.75, 3.05) is 6.61 Å². The molecule has 1 amide bonds. The summed E-state index contributed by atoms with van der Waals surface area (Å²) in [6, 6.07) is 8.50. The van der Waals surface area contributed by atoms with Gasteiger partial charge in [0.05, 0.1) is 5.02 Å². The van der Waals surface area contributed by atoms with Gasteiger partial charge in [-0.15, -0.1) is 0 Å². The number of aromatic nitrogens is 1. The predicted octanol–water partition coefficient (Wildman–Crippen LogP) is 3.08. The third-order valence-electron chi connectivity index (χ3n) is 2.49. The van der Waals surface area contributed by atoms with Crippen LogP contribution in [-0.4, -0.2) is 17.5 Å². The molecule has 0 saturated heterocycles. The third-order valence-corrected chi connectivity index (χ3v) is 3.04. The van der Waals surface area contributed by atoms with Crippen LogP contribution in [0.4, 0.5) is 0 Å². The molecule has 0 aliphatic carbocycles. The molecule has 6 heteroatoms. The smallest absolute Gasteiger partial charge is 0.258 e. The topological polar surface area (TPSA) is 51.2 Å². The fourth-order valence-corrected chi connectivity index (χ4v) is 1.82. The van der Waals surface area contributed by atoms with Gasteiger partial charge in [0.25, 0.3) is 5.91 Å². The summed E-state index contributed by atoms with van der Waals surface area (Å²) in [6.07, 6.45) is 3.34. The van der Waals surface area contributed by atoms with E-state index >= 15 is 0 Å². The van der Waals surface area contributed by atoms with Gasteiger partial charge in [0.2, 0.25) is 0 Å². The summed E-state index contributed by atoms with van der Waals surface area (Å²) >= 11 is 11.8. The Morgan fingerprint density at radius 2 is 1.95 bits per heavy atom. The zero-order valence-electron chi connectivity index (χ0n) is 10.5. The fraction of sp³-hybridized carbons (Fsp3) is 0.143. The van der Waals surface area contributed by atoms with E-state index in [0.717, 1.165) is 5.56 Å². The Hall–Kier alpha value is -1.78. The maximum atomic E-state index is 11.7. The molecule has 2 aromatic rings. The van der Waals surface area contributed by atoms with Crippen LogP contribution in [-0.2, 0) is 11.3 Å². The third kappa shape index (κ3) is 4.40. The zero-order valence-corrected chi connectivity index (χ0v) is 12.0. The summed E-state index contributed by atoms with van der Waals surface area (Å²) in [7, 11) is 0. The van der Waals surface area contributed by atoms with E-state index in [4.69, 9.17) is 27.9 Å². The maximum Gasteiger partial charge on any atom is 0.258 e. The Kier molecular flexibility index (Phi) is 5.21. The first-order chi connectivity index (χ1) is 9.65. The molecule has 0 aliphatic rings. The molecule has 104 valence electrons. The van der Waals surface area contributed by atoms with E-state index < -0.39 is 0 Å². The van der Waals surface area contributed by atoms with E-state index in [9.17, 15) is 4.79 Å². The molecular formula is C14H12Cl2N2O2. The van der Waals surface area contributed by atoms with Crippen molar-refractivity contribution in [1.82, 2.24) is 10.3 Å². The Labute approximate surface area is 126 Å². The van der Waals surface area contributed by atoms with Gasteiger partial charge in [-0.2, -0.15) is 0 Å². The van der Waals surface area contributed by atoms with E-state index in [1.807, 2.05) is 12.1 Å². The molecule has 0 aliphatic heterocycles. The van der Waals surface area contributed by atoms with Crippen molar-refractivity contribution in [3.8, 4) is 5.75 Å². The second kappa shape index (κ2) is 7.12.